The van der Waals surface area contributed by atoms with E-state index in [-0.39, 0.29) is 0 Å². The molecule has 0 unspecified atom stereocenters. The largest absolute Gasteiger partial charge is 0.416 e. The summed E-state index contributed by atoms with van der Waals surface area (Å²) in [5.74, 6) is 1.01. The zero-order chi connectivity index (χ0) is 38.9. The van der Waals surface area contributed by atoms with Crippen LogP contribution >= 0.6 is 0 Å². The Balaban J connectivity index is 0.979. The maximum Gasteiger partial charge on any atom is 0.248 e. The summed E-state index contributed by atoms with van der Waals surface area (Å²) in [6.45, 7) is 0. The fourth-order valence-electron chi connectivity index (χ4n) is 8.92. The van der Waals surface area contributed by atoms with Gasteiger partial charge in [-0.1, -0.05) is 115 Å². The molecule has 5 nitrogen and oxygen atoms in total. The van der Waals surface area contributed by atoms with E-state index in [9.17, 15) is 0 Å². The lowest BCUT2D eigenvalue weighted by atomic mass is 9.96. The number of para-hydroxylation sites is 2. The summed E-state index contributed by atoms with van der Waals surface area (Å²) < 4.78 is 10.8. The van der Waals surface area contributed by atoms with E-state index in [1.54, 1.807) is 0 Å². The quantitative estimate of drug-likeness (QED) is 0.170. The first-order valence-corrected chi connectivity index (χ1v) is 19.9. The van der Waals surface area contributed by atoms with Gasteiger partial charge < -0.3 is 13.6 Å². The summed E-state index contributed by atoms with van der Waals surface area (Å²) in [5.41, 5.74) is 13.5. The molecule has 9 aromatic carbocycles. The van der Waals surface area contributed by atoms with E-state index in [0.29, 0.717) is 11.8 Å². The Bertz CT molecular complexity index is 3540. The first-order valence-electron chi connectivity index (χ1n) is 19.9. The number of hydrogen-bond acceptors (Lipinski definition) is 3. The van der Waals surface area contributed by atoms with Gasteiger partial charge in [0.15, 0.2) is 0 Å². The minimum Gasteiger partial charge on any atom is -0.416 e. The first-order chi connectivity index (χ1) is 29.2. The van der Waals surface area contributed by atoms with Crippen LogP contribution < -0.4 is 0 Å². The average Bonchev–Trinajstić information content (AvgIpc) is 4.02. The number of rotatable bonds is 6. The Morgan fingerprint density at radius 2 is 0.763 bits per heavy atom. The lowest BCUT2D eigenvalue weighted by Gasteiger charge is -2.10. The van der Waals surface area contributed by atoms with E-state index < -0.39 is 0 Å². The molecule has 3 heterocycles. The van der Waals surface area contributed by atoms with E-state index in [0.717, 1.165) is 33.5 Å². The molecule has 0 saturated carbocycles. The highest BCUT2D eigenvalue weighted by molar-refractivity contribution is 6.14. The van der Waals surface area contributed by atoms with Gasteiger partial charge in [0, 0.05) is 44.0 Å². The van der Waals surface area contributed by atoms with Crippen molar-refractivity contribution in [2.75, 3.05) is 0 Å². The highest BCUT2D eigenvalue weighted by Gasteiger charge is 2.18. The second-order valence-corrected chi connectivity index (χ2v) is 15.1. The number of benzene rings is 9. The normalized spacial score (nSPS) is 11.7. The fraction of sp³-hybridized carbons (Fsp3) is 0. The Kier molecular flexibility index (Phi) is 7.47. The summed E-state index contributed by atoms with van der Waals surface area (Å²) in [7, 11) is 0. The summed E-state index contributed by atoms with van der Waals surface area (Å²) >= 11 is 0. The van der Waals surface area contributed by atoms with E-state index >= 15 is 0 Å². The molecule has 276 valence electrons. The van der Waals surface area contributed by atoms with Gasteiger partial charge in [0.05, 0.1) is 22.1 Å². The zero-order valence-corrected chi connectivity index (χ0v) is 31.8. The fourth-order valence-corrected chi connectivity index (χ4v) is 8.92. The van der Waals surface area contributed by atoms with Gasteiger partial charge in [-0.2, -0.15) is 0 Å². The third-order valence-corrected chi connectivity index (χ3v) is 11.7. The lowest BCUT2D eigenvalue weighted by molar-refractivity contribution is 0.584. The lowest BCUT2D eigenvalue weighted by Crippen LogP contribution is -1.94. The maximum absolute atomic E-state index is 6.07. The minimum absolute atomic E-state index is 0.496. The van der Waals surface area contributed by atoms with Crippen molar-refractivity contribution in [2.45, 2.75) is 0 Å². The Hall–Kier alpha value is -8.02. The molecule has 0 aliphatic carbocycles. The van der Waals surface area contributed by atoms with Gasteiger partial charge in [-0.05, 0) is 124 Å². The first kappa shape index (κ1) is 33.2. The van der Waals surface area contributed by atoms with Crippen LogP contribution in [0.2, 0.25) is 0 Å². The molecule has 0 amide bonds. The van der Waals surface area contributed by atoms with Gasteiger partial charge in [0.25, 0.3) is 0 Å². The molecule has 0 saturated heterocycles. The smallest absolute Gasteiger partial charge is 0.248 e. The number of fused-ring (bicyclic) bond motifs is 7. The van der Waals surface area contributed by atoms with Crippen LogP contribution in [0.4, 0.5) is 0 Å². The van der Waals surface area contributed by atoms with Crippen molar-refractivity contribution in [3.8, 4) is 56.5 Å². The standard InChI is InChI=1S/C54H34N4O/c1-3-13-36(14-4-1)53-55-56-54(59-53)37-22-27-42(28-23-37)58-49-21-10-9-19-45(49)46-32-38(24-29-50(46)58)39-25-30-51-47(33-39)48-34-40(44-20-11-15-35-12-7-8-18-43(35)44)26-31-52(48)57(51)41-16-5-2-6-17-41/h1-34H. The molecular weight excluding hydrogens is 721 g/mol. The highest BCUT2D eigenvalue weighted by Crippen LogP contribution is 2.40. The molecular formula is C54H34N4O. The molecule has 0 radical (unpaired) electrons. The van der Waals surface area contributed by atoms with Gasteiger partial charge in [0.1, 0.15) is 0 Å². The van der Waals surface area contributed by atoms with Gasteiger partial charge in [-0.15, -0.1) is 10.2 Å². The van der Waals surface area contributed by atoms with Crippen molar-refractivity contribution >= 4 is 54.4 Å². The molecule has 12 aromatic rings. The maximum atomic E-state index is 6.07. The summed E-state index contributed by atoms with van der Waals surface area (Å²) in [6.07, 6.45) is 0. The third kappa shape index (κ3) is 5.40. The molecule has 0 aliphatic rings. The van der Waals surface area contributed by atoms with Crippen molar-refractivity contribution < 1.29 is 4.42 Å². The second kappa shape index (κ2) is 13.3. The minimum atomic E-state index is 0.496. The van der Waals surface area contributed by atoms with Crippen LogP contribution in [-0.2, 0) is 0 Å². The van der Waals surface area contributed by atoms with Crippen molar-refractivity contribution in [3.05, 3.63) is 206 Å². The van der Waals surface area contributed by atoms with E-state index in [1.807, 2.05) is 30.3 Å². The number of aromatic nitrogens is 4. The van der Waals surface area contributed by atoms with Crippen molar-refractivity contribution in [1.82, 2.24) is 19.3 Å². The van der Waals surface area contributed by atoms with Crippen LogP contribution in [0.25, 0.3) is 111 Å². The Labute approximate surface area is 339 Å². The SMILES string of the molecule is c1ccc(-c2nnc(-c3ccc(-n4c5ccccc5c5cc(-c6ccc7c(c6)c6cc(-c8cccc9ccccc89)ccc6n7-c6ccccc6)ccc54)cc3)o2)cc1. The van der Waals surface area contributed by atoms with E-state index in [1.165, 1.54) is 65.6 Å². The average molecular weight is 755 g/mol. The summed E-state index contributed by atoms with van der Waals surface area (Å²) in [4.78, 5) is 0. The Morgan fingerprint density at radius 3 is 1.44 bits per heavy atom. The number of nitrogens with zero attached hydrogens (tertiary/aromatic N) is 4. The molecule has 0 fully saturated rings. The predicted octanol–water partition coefficient (Wildman–Crippen LogP) is 14.1. The van der Waals surface area contributed by atoms with Crippen LogP contribution in [0.1, 0.15) is 0 Å². The summed E-state index contributed by atoms with van der Waals surface area (Å²) in [5, 5.41) is 16.0. The molecule has 0 spiro atoms. The van der Waals surface area contributed by atoms with Crippen molar-refractivity contribution in [2.24, 2.45) is 0 Å². The Morgan fingerprint density at radius 1 is 0.305 bits per heavy atom. The molecule has 0 N–H and O–H groups in total. The topological polar surface area (TPSA) is 48.8 Å². The molecule has 59 heavy (non-hydrogen) atoms. The van der Waals surface area contributed by atoms with Gasteiger partial charge in [-0.3, -0.25) is 0 Å². The molecule has 3 aromatic heterocycles. The van der Waals surface area contributed by atoms with Crippen LogP contribution in [0.5, 0.6) is 0 Å². The molecule has 0 bridgehead atoms. The van der Waals surface area contributed by atoms with Crippen LogP contribution in [0, 0.1) is 0 Å². The number of hydrogen-bond donors (Lipinski definition) is 0. The van der Waals surface area contributed by atoms with E-state index in [2.05, 4.69) is 195 Å². The molecule has 5 heteroatoms. The third-order valence-electron chi connectivity index (χ3n) is 11.7. The van der Waals surface area contributed by atoms with Crippen molar-refractivity contribution in [1.29, 1.82) is 0 Å². The molecule has 0 atom stereocenters. The second-order valence-electron chi connectivity index (χ2n) is 15.1. The highest BCUT2D eigenvalue weighted by atomic mass is 16.4. The van der Waals surface area contributed by atoms with Gasteiger partial charge >= 0.3 is 0 Å². The molecule has 0 aliphatic heterocycles. The van der Waals surface area contributed by atoms with Crippen LogP contribution in [-0.4, -0.2) is 19.3 Å². The van der Waals surface area contributed by atoms with Gasteiger partial charge in [-0.25, -0.2) is 0 Å². The van der Waals surface area contributed by atoms with Crippen molar-refractivity contribution in [3.63, 3.8) is 0 Å². The zero-order valence-electron chi connectivity index (χ0n) is 31.8. The summed E-state index contributed by atoms with van der Waals surface area (Å²) in [6, 6.07) is 73.5. The van der Waals surface area contributed by atoms with Crippen LogP contribution in [0.15, 0.2) is 211 Å². The molecule has 12 rings (SSSR count). The van der Waals surface area contributed by atoms with Gasteiger partial charge in [0.2, 0.25) is 11.8 Å². The predicted molar refractivity (Wildman–Crippen MR) is 242 cm³/mol. The van der Waals surface area contributed by atoms with Crippen LogP contribution in [0.3, 0.4) is 0 Å². The monoisotopic (exact) mass is 754 g/mol. The van der Waals surface area contributed by atoms with E-state index in [4.69, 9.17) is 4.42 Å².